The molecule has 1 aliphatic heterocycles. The molecule has 1 aromatic carbocycles. The van der Waals surface area contributed by atoms with Gasteiger partial charge in [-0.2, -0.15) is 8.42 Å². The fourth-order valence-electron chi connectivity index (χ4n) is 1.72. The van der Waals surface area contributed by atoms with Gasteiger partial charge in [-0.15, -0.1) is 0 Å². The van der Waals surface area contributed by atoms with Crippen LogP contribution in [0.15, 0.2) is 29.2 Å². The lowest BCUT2D eigenvalue weighted by atomic mass is 10.2. The van der Waals surface area contributed by atoms with Gasteiger partial charge in [0.25, 0.3) is 10.1 Å². The van der Waals surface area contributed by atoms with Crippen LogP contribution >= 0.6 is 0 Å². The predicted molar refractivity (Wildman–Crippen MR) is 70.9 cm³/mol. The van der Waals surface area contributed by atoms with Gasteiger partial charge in [0.2, 0.25) is 0 Å². The number of rotatable bonds is 5. The van der Waals surface area contributed by atoms with Crippen molar-refractivity contribution in [1.29, 1.82) is 0 Å². The van der Waals surface area contributed by atoms with Gasteiger partial charge in [0, 0.05) is 0 Å². The molecule has 1 heterocycles. The molecule has 1 aromatic rings. The van der Waals surface area contributed by atoms with Crippen molar-refractivity contribution in [2.75, 3.05) is 26.4 Å². The summed E-state index contributed by atoms with van der Waals surface area (Å²) >= 11 is 0. The van der Waals surface area contributed by atoms with Gasteiger partial charge >= 0.3 is 0 Å². The van der Waals surface area contributed by atoms with Crippen molar-refractivity contribution in [2.45, 2.75) is 24.0 Å². The lowest BCUT2D eigenvalue weighted by Gasteiger charge is -2.28. The highest BCUT2D eigenvalue weighted by Crippen LogP contribution is 2.15. The first-order valence-corrected chi connectivity index (χ1v) is 7.72. The fourth-order valence-corrected chi connectivity index (χ4v) is 2.66. The zero-order chi connectivity index (χ0) is 14.6. The van der Waals surface area contributed by atoms with Crippen LogP contribution in [0.1, 0.15) is 5.56 Å². The van der Waals surface area contributed by atoms with Gasteiger partial charge < -0.3 is 14.6 Å². The Labute approximate surface area is 118 Å². The second kappa shape index (κ2) is 6.64. The molecule has 112 valence electrons. The van der Waals surface area contributed by atoms with Crippen LogP contribution in [0.2, 0.25) is 0 Å². The molecule has 0 aromatic heterocycles. The van der Waals surface area contributed by atoms with Crippen LogP contribution in [0, 0.1) is 6.92 Å². The van der Waals surface area contributed by atoms with Crippen molar-refractivity contribution in [1.82, 2.24) is 0 Å². The van der Waals surface area contributed by atoms with E-state index < -0.39 is 16.2 Å². The molecule has 2 atom stereocenters. The van der Waals surface area contributed by atoms with Crippen molar-refractivity contribution in [3.05, 3.63) is 29.8 Å². The summed E-state index contributed by atoms with van der Waals surface area (Å²) in [7, 11) is -3.78. The van der Waals surface area contributed by atoms with Gasteiger partial charge in [-0.3, -0.25) is 4.18 Å². The molecule has 0 saturated carbocycles. The first kappa shape index (κ1) is 15.4. The van der Waals surface area contributed by atoms with Crippen LogP contribution < -0.4 is 0 Å². The van der Waals surface area contributed by atoms with Gasteiger partial charge in [0.1, 0.15) is 12.2 Å². The van der Waals surface area contributed by atoms with Crippen molar-refractivity contribution in [3.63, 3.8) is 0 Å². The first-order chi connectivity index (χ1) is 9.51. The number of aliphatic hydroxyl groups excluding tert-OH is 1. The number of hydrogen-bond acceptors (Lipinski definition) is 6. The van der Waals surface area contributed by atoms with E-state index in [9.17, 15) is 8.42 Å². The second-order valence-electron chi connectivity index (χ2n) is 4.64. The van der Waals surface area contributed by atoms with Crippen LogP contribution in [-0.2, 0) is 23.8 Å². The molecule has 0 aliphatic carbocycles. The number of hydrogen-bond donors (Lipinski definition) is 1. The van der Waals surface area contributed by atoms with Gasteiger partial charge in [-0.05, 0) is 19.1 Å². The lowest BCUT2D eigenvalue weighted by Crippen LogP contribution is -2.40. The standard InChI is InChI=1S/C13H18O6S/c1-10-2-4-13(5-3-10)20(15,16)19-9-12-8-17-11(6-14)7-18-12/h2-5,11-12,14H,6-9H2,1H3/t11-,12-/m0/s1. The normalized spacial score (nSPS) is 23.7. The Hall–Kier alpha value is -0.990. The van der Waals surface area contributed by atoms with Gasteiger partial charge in [-0.1, -0.05) is 17.7 Å². The van der Waals surface area contributed by atoms with Crippen molar-refractivity contribution in [3.8, 4) is 0 Å². The highest BCUT2D eigenvalue weighted by molar-refractivity contribution is 7.86. The summed E-state index contributed by atoms with van der Waals surface area (Å²) in [6.45, 7) is 2.09. The molecule has 0 bridgehead atoms. The molecule has 0 spiro atoms. The van der Waals surface area contributed by atoms with Gasteiger partial charge in [0.15, 0.2) is 0 Å². The third-order valence-electron chi connectivity index (χ3n) is 2.96. The second-order valence-corrected chi connectivity index (χ2v) is 6.26. The van der Waals surface area contributed by atoms with E-state index in [-0.39, 0.29) is 37.4 Å². The van der Waals surface area contributed by atoms with Crippen LogP contribution in [-0.4, -0.2) is 52.2 Å². The van der Waals surface area contributed by atoms with Crippen molar-refractivity contribution in [2.24, 2.45) is 0 Å². The molecule has 6 nitrogen and oxygen atoms in total. The molecule has 20 heavy (non-hydrogen) atoms. The molecule has 0 radical (unpaired) electrons. The zero-order valence-electron chi connectivity index (χ0n) is 11.2. The largest absolute Gasteiger partial charge is 0.394 e. The Morgan fingerprint density at radius 3 is 2.35 bits per heavy atom. The maximum absolute atomic E-state index is 11.9. The third kappa shape index (κ3) is 4.00. The summed E-state index contributed by atoms with van der Waals surface area (Å²) in [6.07, 6.45) is -0.794. The zero-order valence-corrected chi connectivity index (χ0v) is 12.0. The minimum Gasteiger partial charge on any atom is -0.394 e. The maximum Gasteiger partial charge on any atom is 0.297 e. The van der Waals surface area contributed by atoms with E-state index in [1.165, 1.54) is 12.1 Å². The fraction of sp³-hybridized carbons (Fsp3) is 0.538. The van der Waals surface area contributed by atoms with Crippen LogP contribution in [0.25, 0.3) is 0 Å². The molecule has 1 fully saturated rings. The van der Waals surface area contributed by atoms with Crippen LogP contribution in [0.4, 0.5) is 0 Å². The first-order valence-electron chi connectivity index (χ1n) is 6.31. The predicted octanol–water partition coefficient (Wildman–Crippen LogP) is 0.477. The summed E-state index contributed by atoms with van der Waals surface area (Å²) in [4.78, 5) is 0.119. The SMILES string of the molecule is Cc1ccc(S(=O)(=O)OC[C@@H]2CO[C@@H](CO)CO2)cc1. The topological polar surface area (TPSA) is 82.1 Å². The van der Waals surface area contributed by atoms with Gasteiger partial charge in [-0.25, -0.2) is 0 Å². The van der Waals surface area contributed by atoms with Gasteiger partial charge in [0.05, 0.1) is 31.3 Å². The van der Waals surface area contributed by atoms with E-state index in [2.05, 4.69) is 0 Å². The number of benzene rings is 1. The van der Waals surface area contributed by atoms with Crippen LogP contribution in [0.5, 0.6) is 0 Å². The Morgan fingerprint density at radius 1 is 1.20 bits per heavy atom. The summed E-state index contributed by atoms with van der Waals surface area (Å²) in [5.74, 6) is 0. The Balaban J connectivity index is 1.88. The Kier molecular flexibility index (Phi) is 5.11. The summed E-state index contributed by atoms with van der Waals surface area (Å²) in [5, 5.41) is 8.88. The Morgan fingerprint density at radius 2 is 1.80 bits per heavy atom. The average Bonchev–Trinajstić information content (AvgIpc) is 2.46. The van der Waals surface area contributed by atoms with Crippen molar-refractivity contribution >= 4 is 10.1 Å². The summed E-state index contributed by atoms with van der Waals surface area (Å²) in [5.41, 5.74) is 0.975. The Bertz CT molecular complexity index is 516. The average molecular weight is 302 g/mol. The molecular formula is C13H18O6S. The number of aryl methyl sites for hydroxylation is 1. The van der Waals surface area contributed by atoms with E-state index in [4.69, 9.17) is 18.8 Å². The maximum atomic E-state index is 11.9. The number of ether oxygens (including phenoxy) is 2. The van der Waals surface area contributed by atoms with Crippen LogP contribution in [0.3, 0.4) is 0 Å². The lowest BCUT2D eigenvalue weighted by molar-refractivity contribution is -0.152. The minimum absolute atomic E-state index is 0.103. The van der Waals surface area contributed by atoms with E-state index in [0.29, 0.717) is 0 Å². The quantitative estimate of drug-likeness (QED) is 0.797. The third-order valence-corrected chi connectivity index (χ3v) is 4.25. The van der Waals surface area contributed by atoms with Crippen molar-refractivity contribution < 1.29 is 27.2 Å². The van der Waals surface area contributed by atoms with E-state index in [1.807, 2.05) is 6.92 Å². The molecule has 0 amide bonds. The molecule has 1 saturated heterocycles. The monoisotopic (exact) mass is 302 g/mol. The van der Waals surface area contributed by atoms with E-state index in [0.717, 1.165) is 5.56 Å². The van der Waals surface area contributed by atoms with E-state index in [1.54, 1.807) is 12.1 Å². The summed E-state index contributed by atoms with van der Waals surface area (Å²) < 4.78 is 39.5. The molecular weight excluding hydrogens is 284 g/mol. The number of aliphatic hydroxyl groups is 1. The molecule has 2 rings (SSSR count). The molecule has 0 unspecified atom stereocenters. The minimum atomic E-state index is -3.78. The highest BCUT2D eigenvalue weighted by Gasteiger charge is 2.24. The highest BCUT2D eigenvalue weighted by atomic mass is 32.2. The summed E-state index contributed by atoms with van der Waals surface area (Å²) in [6, 6.07) is 6.43. The molecule has 7 heteroatoms. The van der Waals surface area contributed by atoms with E-state index >= 15 is 0 Å². The smallest absolute Gasteiger partial charge is 0.297 e. The molecule has 1 aliphatic rings. The molecule has 1 N–H and O–H groups in total.